The van der Waals surface area contributed by atoms with E-state index in [-0.39, 0.29) is 18.4 Å². The maximum absolute atomic E-state index is 11.8. The Bertz CT molecular complexity index is 420. The molecule has 0 bridgehead atoms. The summed E-state index contributed by atoms with van der Waals surface area (Å²) in [6.07, 6.45) is 0.901. The molecule has 5 heteroatoms. The molecule has 1 amide bonds. The molecule has 1 aromatic rings. The Morgan fingerprint density at radius 1 is 1.32 bits per heavy atom. The van der Waals surface area contributed by atoms with Crippen LogP contribution in [0.1, 0.15) is 31.4 Å². The van der Waals surface area contributed by atoms with E-state index in [2.05, 4.69) is 5.32 Å². The summed E-state index contributed by atoms with van der Waals surface area (Å²) in [5, 5.41) is 2.66. The average molecular weight is 264 g/mol. The summed E-state index contributed by atoms with van der Waals surface area (Å²) in [7, 11) is 1.29. The highest BCUT2D eigenvalue weighted by atomic mass is 16.5. The summed E-state index contributed by atoms with van der Waals surface area (Å²) < 4.78 is 4.71. The van der Waals surface area contributed by atoms with Gasteiger partial charge in [-0.2, -0.15) is 0 Å². The maximum atomic E-state index is 11.8. The van der Waals surface area contributed by atoms with Crippen LogP contribution in [-0.2, 0) is 14.3 Å². The van der Waals surface area contributed by atoms with Crippen molar-refractivity contribution >= 4 is 11.9 Å². The first-order valence-corrected chi connectivity index (χ1v) is 6.26. The molecule has 2 unspecified atom stereocenters. The topological polar surface area (TPSA) is 81.4 Å². The first kappa shape index (κ1) is 15.2. The van der Waals surface area contributed by atoms with Crippen LogP contribution >= 0.6 is 0 Å². The molecule has 1 aromatic carbocycles. The molecule has 0 heterocycles. The summed E-state index contributed by atoms with van der Waals surface area (Å²) in [6, 6.07) is 7.98. The molecule has 1 rings (SSSR count). The third kappa shape index (κ3) is 4.71. The number of hydrogen-bond donors (Lipinski definition) is 2. The molecule has 2 atom stereocenters. The number of nitrogens with one attached hydrogen (secondary N) is 1. The second-order valence-electron chi connectivity index (χ2n) is 4.31. The van der Waals surface area contributed by atoms with Crippen molar-refractivity contribution in [2.45, 2.75) is 31.8 Å². The van der Waals surface area contributed by atoms with Crippen LogP contribution in [0.3, 0.4) is 0 Å². The number of nitrogens with two attached hydrogens (primary N) is 1. The van der Waals surface area contributed by atoms with Crippen molar-refractivity contribution in [1.29, 1.82) is 0 Å². The summed E-state index contributed by atoms with van der Waals surface area (Å²) in [4.78, 5) is 23.6. The van der Waals surface area contributed by atoms with Gasteiger partial charge in [0.05, 0.1) is 7.11 Å². The second kappa shape index (κ2) is 7.53. The molecule has 0 aliphatic heterocycles. The molecular weight excluding hydrogens is 244 g/mol. The SMILES string of the molecule is CCC(N)CC(=O)NC(C(=O)OC)c1ccccc1. The van der Waals surface area contributed by atoms with E-state index in [0.717, 1.165) is 0 Å². The van der Waals surface area contributed by atoms with Gasteiger partial charge in [-0.05, 0) is 12.0 Å². The summed E-state index contributed by atoms with van der Waals surface area (Å²) >= 11 is 0. The smallest absolute Gasteiger partial charge is 0.333 e. The van der Waals surface area contributed by atoms with Crippen molar-refractivity contribution < 1.29 is 14.3 Å². The van der Waals surface area contributed by atoms with E-state index in [9.17, 15) is 9.59 Å². The lowest BCUT2D eigenvalue weighted by Gasteiger charge is -2.18. The van der Waals surface area contributed by atoms with Crippen molar-refractivity contribution in [2.24, 2.45) is 5.73 Å². The van der Waals surface area contributed by atoms with Crippen molar-refractivity contribution in [2.75, 3.05) is 7.11 Å². The van der Waals surface area contributed by atoms with Crippen LogP contribution in [0.5, 0.6) is 0 Å². The van der Waals surface area contributed by atoms with Crippen LogP contribution in [0, 0.1) is 0 Å². The van der Waals surface area contributed by atoms with Crippen LogP contribution in [0.4, 0.5) is 0 Å². The lowest BCUT2D eigenvalue weighted by molar-refractivity contribution is -0.145. The normalized spacial score (nSPS) is 13.4. The van der Waals surface area contributed by atoms with Crippen LogP contribution in [0.15, 0.2) is 30.3 Å². The van der Waals surface area contributed by atoms with Gasteiger partial charge in [0, 0.05) is 12.5 Å². The van der Waals surface area contributed by atoms with E-state index < -0.39 is 12.0 Å². The molecule has 0 fully saturated rings. The van der Waals surface area contributed by atoms with Crippen LogP contribution < -0.4 is 11.1 Å². The van der Waals surface area contributed by atoms with E-state index in [4.69, 9.17) is 10.5 Å². The van der Waals surface area contributed by atoms with Crippen molar-refractivity contribution in [3.8, 4) is 0 Å². The third-order valence-electron chi connectivity index (χ3n) is 2.85. The number of ether oxygens (including phenoxy) is 1. The van der Waals surface area contributed by atoms with E-state index in [1.54, 1.807) is 24.3 Å². The van der Waals surface area contributed by atoms with Gasteiger partial charge in [-0.25, -0.2) is 4.79 Å². The molecule has 0 aliphatic rings. The van der Waals surface area contributed by atoms with Crippen LogP contribution in [-0.4, -0.2) is 25.0 Å². The highest BCUT2D eigenvalue weighted by Gasteiger charge is 2.23. The summed E-state index contributed by atoms with van der Waals surface area (Å²) in [6.45, 7) is 1.91. The molecule has 104 valence electrons. The molecular formula is C14H20N2O3. The third-order valence-corrected chi connectivity index (χ3v) is 2.85. The predicted molar refractivity (Wildman–Crippen MR) is 72.2 cm³/mol. The molecule has 0 aliphatic carbocycles. The number of benzene rings is 1. The molecule has 5 nitrogen and oxygen atoms in total. The van der Waals surface area contributed by atoms with Gasteiger partial charge >= 0.3 is 5.97 Å². The fourth-order valence-corrected chi connectivity index (χ4v) is 1.64. The fraction of sp³-hybridized carbons (Fsp3) is 0.429. The van der Waals surface area contributed by atoms with Crippen molar-refractivity contribution in [3.63, 3.8) is 0 Å². The number of hydrogen-bond acceptors (Lipinski definition) is 4. The lowest BCUT2D eigenvalue weighted by atomic mass is 10.1. The summed E-state index contributed by atoms with van der Waals surface area (Å²) in [5.74, 6) is -0.752. The zero-order valence-corrected chi connectivity index (χ0v) is 11.3. The van der Waals surface area contributed by atoms with Gasteiger partial charge in [-0.3, -0.25) is 4.79 Å². The molecule has 0 saturated heterocycles. The number of carbonyl (C=O) groups excluding carboxylic acids is 2. The maximum Gasteiger partial charge on any atom is 0.333 e. The number of rotatable bonds is 6. The Hall–Kier alpha value is -1.88. The number of carbonyl (C=O) groups is 2. The molecule has 0 radical (unpaired) electrons. The number of methoxy groups -OCH3 is 1. The molecule has 0 spiro atoms. The lowest BCUT2D eigenvalue weighted by Crippen LogP contribution is -2.37. The zero-order chi connectivity index (χ0) is 14.3. The Morgan fingerprint density at radius 3 is 2.47 bits per heavy atom. The first-order valence-electron chi connectivity index (χ1n) is 6.26. The fourth-order valence-electron chi connectivity index (χ4n) is 1.64. The number of amides is 1. The largest absolute Gasteiger partial charge is 0.467 e. The van der Waals surface area contributed by atoms with Gasteiger partial charge in [0.1, 0.15) is 0 Å². The number of esters is 1. The van der Waals surface area contributed by atoms with E-state index >= 15 is 0 Å². The minimum Gasteiger partial charge on any atom is -0.467 e. The Morgan fingerprint density at radius 2 is 1.95 bits per heavy atom. The molecule has 0 saturated carbocycles. The monoisotopic (exact) mass is 264 g/mol. The quantitative estimate of drug-likeness (QED) is 0.755. The minimum atomic E-state index is -0.789. The predicted octanol–water partition coefficient (Wildman–Crippen LogP) is 1.14. The standard InChI is InChI=1S/C14H20N2O3/c1-3-11(15)9-12(17)16-13(14(18)19-2)10-7-5-4-6-8-10/h4-8,11,13H,3,9,15H2,1-2H3,(H,16,17). The van der Waals surface area contributed by atoms with Crippen molar-refractivity contribution in [1.82, 2.24) is 5.32 Å². The van der Waals surface area contributed by atoms with Gasteiger partial charge in [-0.1, -0.05) is 37.3 Å². The summed E-state index contributed by atoms with van der Waals surface area (Å²) in [5.41, 5.74) is 6.41. The van der Waals surface area contributed by atoms with Crippen LogP contribution in [0.25, 0.3) is 0 Å². The van der Waals surface area contributed by atoms with Gasteiger partial charge < -0.3 is 15.8 Å². The van der Waals surface area contributed by atoms with E-state index in [1.165, 1.54) is 7.11 Å². The van der Waals surface area contributed by atoms with Gasteiger partial charge in [0.25, 0.3) is 0 Å². The molecule has 0 aromatic heterocycles. The Balaban J connectivity index is 2.77. The van der Waals surface area contributed by atoms with Crippen molar-refractivity contribution in [3.05, 3.63) is 35.9 Å². The molecule has 19 heavy (non-hydrogen) atoms. The zero-order valence-electron chi connectivity index (χ0n) is 11.3. The highest BCUT2D eigenvalue weighted by molar-refractivity contribution is 5.85. The highest BCUT2D eigenvalue weighted by Crippen LogP contribution is 2.14. The second-order valence-corrected chi connectivity index (χ2v) is 4.31. The van der Waals surface area contributed by atoms with E-state index in [0.29, 0.717) is 12.0 Å². The van der Waals surface area contributed by atoms with E-state index in [1.807, 2.05) is 13.0 Å². The van der Waals surface area contributed by atoms with Gasteiger partial charge in [0.2, 0.25) is 5.91 Å². The van der Waals surface area contributed by atoms with Gasteiger partial charge in [-0.15, -0.1) is 0 Å². The minimum absolute atomic E-state index is 0.191. The average Bonchev–Trinajstić information content (AvgIpc) is 2.44. The van der Waals surface area contributed by atoms with Gasteiger partial charge in [0.15, 0.2) is 6.04 Å². The Labute approximate surface area is 113 Å². The first-order chi connectivity index (χ1) is 9.08. The van der Waals surface area contributed by atoms with Crippen LogP contribution in [0.2, 0.25) is 0 Å². The molecule has 3 N–H and O–H groups in total. The Kier molecular flexibility index (Phi) is 6.02.